The molecule has 0 atom stereocenters. The molecule has 6 heteroatoms. The Morgan fingerprint density at radius 1 is 1.54 bits per heavy atom. The summed E-state index contributed by atoms with van der Waals surface area (Å²) >= 11 is 0. The summed E-state index contributed by atoms with van der Waals surface area (Å²) in [6.45, 7) is -1.23. The van der Waals surface area contributed by atoms with Crippen LogP contribution in [0.2, 0.25) is 0 Å². The van der Waals surface area contributed by atoms with Crippen molar-refractivity contribution in [3.63, 3.8) is 0 Å². The van der Waals surface area contributed by atoms with Gasteiger partial charge in [0.25, 0.3) is 0 Å². The first-order chi connectivity index (χ1) is 6.16. The van der Waals surface area contributed by atoms with Gasteiger partial charge in [-0.3, -0.25) is 10.1 Å². The van der Waals surface area contributed by atoms with Crippen molar-refractivity contribution in [1.29, 1.82) is 0 Å². The SMILES string of the molecule is O=[N+]([O-])c1c(F)cccc1OCF. The van der Waals surface area contributed by atoms with Crippen LogP contribution in [0.4, 0.5) is 14.5 Å². The quantitative estimate of drug-likeness (QED) is 0.540. The molecule has 0 amide bonds. The number of nitro groups is 1. The van der Waals surface area contributed by atoms with E-state index in [-0.39, 0.29) is 0 Å². The standard InChI is InChI=1S/C7H5F2NO3/c8-4-13-6-3-1-2-5(9)7(6)10(11)12/h1-3H,4H2. The Balaban J connectivity index is 3.17. The molecule has 0 unspecified atom stereocenters. The summed E-state index contributed by atoms with van der Waals surface area (Å²) in [7, 11) is 0. The minimum Gasteiger partial charge on any atom is -0.456 e. The van der Waals surface area contributed by atoms with Crippen molar-refractivity contribution in [1.82, 2.24) is 0 Å². The zero-order valence-electron chi connectivity index (χ0n) is 6.37. The van der Waals surface area contributed by atoms with Gasteiger partial charge in [0.15, 0.2) is 0 Å². The lowest BCUT2D eigenvalue weighted by molar-refractivity contribution is -0.388. The first-order valence-electron chi connectivity index (χ1n) is 3.28. The van der Waals surface area contributed by atoms with Gasteiger partial charge in [-0.2, -0.15) is 4.39 Å². The Kier molecular flexibility index (Phi) is 2.73. The second-order valence-electron chi connectivity index (χ2n) is 2.10. The molecule has 1 aromatic carbocycles. The number of rotatable bonds is 3. The van der Waals surface area contributed by atoms with Crippen molar-refractivity contribution in [3.05, 3.63) is 34.1 Å². The number of benzene rings is 1. The summed E-state index contributed by atoms with van der Waals surface area (Å²) in [6.07, 6.45) is 0. The highest BCUT2D eigenvalue weighted by molar-refractivity contribution is 5.47. The number of para-hydroxylation sites is 1. The van der Waals surface area contributed by atoms with Crippen molar-refractivity contribution < 1.29 is 18.4 Å². The summed E-state index contributed by atoms with van der Waals surface area (Å²) in [6, 6.07) is 3.23. The van der Waals surface area contributed by atoms with Crippen molar-refractivity contribution in [2.24, 2.45) is 0 Å². The van der Waals surface area contributed by atoms with Crippen LogP contribution in [0.15, 0.2) is 18.2 Å². The maximum Gasteiger partial charge on any atom is 0.346 e. The first-order valence-corrected chi connectivity index (χ1v) is 3.28. The Bertz CT molecular complexity index is 330. The third-order valence-corrected chi connectivity index (χ3v) is 1.34. The Hall–Kier alpha value is -1.72. The van der Waals surface area contributed by atoms with Gasteiger partial charge < -0.3 is 4.74 Å². The lowest BCUT2D eigenvalue weighted by atomic mass is 10.3. The van der Waals surface area contributed by atoms with E-state index in [0.29, 0.717) is 0 Å². The Morgan fingerprint density at radius 2 is 2.23 bits per heavy atom. The van der Waals surface area contributed by atoms with Crippen LogP contribution >= 0.6 is 0 Å². The van der Waals surface area contributed by atoms with E-state index in [9.17, 15) is 18.9 Å². The van der Waals surface area contributed by atoms with E-state index < -0.39 is 29.0 Å². The molecule has 0 radical (unpaired) electrons. The third kappa shape index (κ3) is 1.90. The number of halogens is 2. The fourth-order valence-corrected chi connectivity index (χ4v) is 0.848. The fraction of sp³-hybridized carbons (Fsp3) is 0.143. The summed E-state index contributed by atoms with van der Waals surface area (Å²) < 4.78 is 28.7. The van der Waals surface area contributed by atoms with Crippen LogP contribution in [0.3, 0.4) is 0 Å². The Morgan fingerprint density at radius 3 is 2.77 bits per heavy atom. The maximum absolute atomic E-state index is 12.8. The number of hydrogen-bond acceptors (Lipinski definition) is 3. The minimum absolute atomic E-state index is 0.410. The van der Waals surface area contributed by atoms with Crippen LogP contribution in [-0.4, -0.2) is 11.8 Å². The number of alkyl halides is 1. The molecule has 13 heavy (non-hydrogen) atoms. The molecule has 0 aromatic heterocycles. The summed E-state index contributed by atoms with van der Waals surface area (Å²) in [5.41, 5.74) is -0.847. The molecule has 1 rings (SSSR count). The average molecular weight is 189 g/mol. The topological polar surface area (TPSA) is 52.4 Å². The van der Waals surface area contributed by atoms with Crippen molar-refractivity contribution >= 4 is 5.69 Å². The zero-order valence-corrected chi connectivity index (χ0v) is 6.37. The zero-order chi connectivity index (χ0) is 9.84. The van der Waals surface area contributed by atoms with Crippen LogP contribution in [0.5, 0.6) is 5.75 Å². The van der Waals surface area contributed by atoms with Gasteiger partial charge in [0.1, 0.15) is 0 Å². The molecule has 0 spiro atoms. The van der Waals surface area contributed by atoms with E-state index >= 15 is 0 Å². The second-order valence-corrected chi connectivity index (χ2v) is 2.10. The molecule has 4 nitrogen and oxygen atoms in total. The molecule has 0 aliphatic carbocycles. The highest BCUT2D eigenvalue weighted by Crippen LogP contribution is 2.29. The van der Waals surface area contributed by atoms with Crippen LogP contribution in [-0.2, 0) is 0 Å². The van der Waals surface area contributed by atoms with Gasteiger partial charge in [-0.05, 0) is 12.1 Å². The molecule has 1 aromatic rings. The van der Waals surface area contributed by atoms with E-state index in [1.165, 1.54) is 6.07 Å². The normalized spacial score (nSPS) is 9.69. The van der Waals surface area contributed by atoms with E-state index in [0.717, 1.165) is 12.1 Å². The number of ether oxygens (including phenoxy) is 1. The summed E-state index contributed by atoms with van der Waals surface area (Å²) in [5.74, 6) is -1.46. The fourth-order valence-electron chi connectivity index (χ4n) is 0.848. The monoisotopic (exact) mass is 189 g/mol. The van der Waals surface area contributed by atoms with E-state index in [1.54, 1.807) is 0 Å². The second kappa shape index (κ2) is 3.79. The van der Waals surface area contributed by atoms with Gasteiger partial charge in [-0.15, -0.1) is 0 Å². The highest BCUT2D eigenvalue weighted by atomic mass is 19.1. The van der Waals surface area contributed by atoms with Gasteiger partial charge in [0.2, 0.25) is 18.4 Å². The predicted molar refractivity (Wildman–Crippen MR) is 39.7 cm³/mol. The molecule has 70 valence electrons. The molecule has 0 N–H and O–H groups in total. The van der Waals surface area contributed by atoms with Gasteiger partial charge in [0.05, 0.1) is 4.92 Å². The van der Waals surface area contributed by atoms with Gasteiger partial charge >= 0.3 is 5.69 Å². The number of nitrogens with zero attached hydrogens (tertiary/aromatic N) is 1. The van der Waals surface area contributed by atoms with Gasteiger partial charge in [0, 0.05) is 0 Å². The van der Waals surface area contributed by atoms with Crippen molar-refractivity contribution in [2.45, 2.75) is 0 Å². The lowest BCUT2D eigenvalue weighted by Gasteiger charge is -2.01. The molecule has 0 bridgehead atoms. The summed E-state index contributed by atoms with van der Waals surface area (Å²) in [4.78, 5) is 9.32. The van der Waals surface area contributed by atoms with E-state index in [4.69, 9.17) is 0 Å². The van der Waals surface area contributed by atoms with E-state index in [2.05, 4.69) is 4.74 Å². The smallest absolute Gasteiger partial charge is 0.346 e. The van der Waals surface area contributed by atoms with E-state index in [1.807, 2.05) is 0 Å². The highest BCUT2D eigenvalue weighted by Gasteiger charge is 2.20. The van der Waals surface area contributed by atoms with Crippen LogP contribution < -0.4 is 4.74 Å². The lowest BCUT2D eigenvalue weighted by Crippen LogP contribution is -1.98. The van der Waals surface area contributed by atoms with Gasteiger partial charge in [-0.1, -0.05) is 6.07 Å². The van der Waals surface area contributed by atoms with Crippen LogP contribution in [0.1, 0.15) is 0 Å². The third-order valence-electron chi connectivity index (χ3n) is 1.34. The molecule has 0 aliphatic heterocycles. The molecule has 0 saturated carbocycles. The predicted octanol–water partition coefficient (Wildman–Crippen LogP) is 2.04. The molecular weight excluding hydrogens is 184 g/mol. The molecule has 0 saturated heterocycles. The molecule has 0 fully saturated rings. The molecule has 0 heterocycles. The molecule has 0 aliphatic rings. The van der Waals surface area contributed by atoms with Gasteiger partial charge in [-0.25, -0.2) is 4.39 Å². The van der Waals surface area contributed by atoms with Crippen molar-refractivity contribution in [2.75, 3.05) is 6.86 Å². The number of nitro benzene ring substituents is 1. The molecular formula is C7H5F2NO3. The van der Waals surface area contributed by atoms with Crippen molar-refractivity contribution in [3.8, 4) is 5.75 Å². The Labute approximate surface area is 71.9 Å². The first kappa shape index (κ1) is 9.37. The largest absolute Gasteiger partial charge is 0.456 e. The van der Waals surface area contributed by atoms with Crippen LogP contribution in [0.25, 0.3) is 0 Å². The van der Waals surface area contributed by atoms with Crippen LogP contribution in [0, 0.1) is 15.9 Å². The minimum atomic E-state index is -1.23. The summed E-state index contributed by atoms with van der Waals surface area (Å²) in [5, 5.41) is 10.3. The average Bonchev–Trinajstić information content (AvgIpc) is 2.04. The number of hydrogen-bond donors (Lipinski definition) is 0. The maximum atomic E-state index is 12.8.